The number of aryl methyl sites for hydroxylation is 2. The van der Waals surface area contributed by atoms with E-state index >= 15 is 0 Å². The van der Waals surface area contributed by atoms with Crippen LogP contribution in [0.2, 0.25) is 0 Å². The van der Waals surface area contributed by atoms with Crippen LogP contribution in [0.4, 0.5) is 0 Å². The molecule has 2 aromatic carbocycles. The number of carbonyl (C=O) groups excluding carboxylic acids is 2. The Hall–Kier alpha value is -2.48. The van der Waals surface area contributed by atoms with Gasteiger partial charge < -0.3 is 9.47 Å². The van der Waals surface area contributed by atoms with Gasteiger partial charge in [0, 0.05) is 36.2 Å². The highest BCUT2D eigenvalue weighted by molar-refractivity contribution is 8.08. The van der Waals surface area contributed by atoms with Crippen LogP contribution in [0.1, 0.15) is 11.1 Å². The summed E-state index contributed by atoms with van der Waals surface area (Å²) in [6.45, 7) is 10.6. The van der Waals surface area contributed by atoms with E-state index in [0.717, 1.165) is 47.4 Å². The van der Waals surface area contributed by atoms with Gasteiger partial charge in [-0.25, -0.2) is 13.2 Å². The molecule has 2 rings (SSSR count). The second-order valence-electron chi connectivity index (χ2n) is 5.39. The van der Waals surface area contributed by atoms with Gasteiger partial charge in [-0.15, -0.1) is 0 Å². The Morgan fingerprint density at radius 1 is 0.815 bits per heavy atom. The van der Waals surface area contributed by atoms with Gasteiger partial charge in [0.2, 0.25) is 0 Å². The molecule has 140 valence electrons. The number of hydrogen-bond donors (Lipinski definition) is 0. The van der Waals surface area contributed by atoms with Crippen LogP contribution in [0.5, 0.6) is 11.5 Å². The van der Waals surface area contributed by atoms with Crippen molar-refractivity contribution < 1.29 is 22.7 Å². The van der Waals surface area contributed by atoms with Gasteiger partial charge in [-0.3, -0.25) is 0 Å². The summed E-state index contributed by atoms with van der Waals surface area (Å²) < 4.78 is 16.1. The molecule has 0 bridgehead atoms. The molecular formula is C20H18O5S2. The zero-order valence-electron chi connectivity index (χ0n) is 14.9. The standard InChI is InChI=1S/C20H18O5S2/c1-5-19(21)23-15-11-13(3)7-9-17(15)26-25-27-18-10-8-14(4)12-16(18)24-20(22)6-2/h5-12H,1-2H2,3-4H3. The van der Waals surface area contributed by atoms with Crippen molar-refractivity contribution >= 4 is 36.0 Å². The van der Waals surface area contributed by atoms with E-state index in [0.29, 0.717) is 21.3 Å². The third-order valence-electron chi connectivity index (χ3n) is 3.20. The van der Waals surface area contributed by atoms with Gasteiger partial charge in [-0.2, -0.15) is 0 Å². The Bertz CT molecular complexity index is 805. The van der Waals surface area contributed by atoms with E-state index in [-0.39, 0.29) is 0 Å². The quantitative estimate of drug-likeness (QED) is 0.260. The van der Waals surface area contributed by atoms with Crippen molar-refractivity contribution in [1.29, 1.82) is 0 Å². The summed E-state index contributed by atoms with van der Waals surface area (Å²) in [5.41, 5.74) is 1.88. The van der Waals surface area contributed by atoms with Crippen molar-refractivity contribution in [2.45, 2.75) is 23.6 Å². The molecular weight excluding hydrogens is 384 g/mol. The van der Waals surface area contributed by atoms with Crippen LogP contribution in [-0.2, 0) is 13.2 Å². The Labute approximate surface area is 166 Å². The second kappa shape index (κ2) is 10.0. The lowest BCUT2D eigenvalue weighted by Gasteiger charge is -2.11. The second-order valence-corrected chi connectivity index (χ2v) is 7.14. The highest BCUT2D eigenvalue weighted by atomic mass is 32.2. The molecule has 0 aliphatic heterocycles. The molecule has 2 aromatic rings. The molecule has 7 heteroatoms. The molecule has 5 nitrogen and oxygen atoms in total. The largest absolute Gasteiger partial charge is 0.422 e. The number of ether oxygens (including phenoxy) is 2. The first-order valence-electron chi connectivity index (χ1n) is 7.84. The van der Waals surface area contributed by atoms with Crippen LogP contribution < -0.4 is 9.47 Å². The monoisotopic (exact) mass is 402 g/mol. The number of carbonyl (C=O) groups is 2. The zero-order valence-corrected chi connectivity index (χ0v) is 16.5. The van der Waals surface area contributed by atoms with Crippen LogP contribution in [-0.4, -0.2) is 11.9 Å². The van der Waals surface area contributed by atoms with Gasteiger partial charge in [0.15, 0.2) is 0 Å². The van der Waals surface area contributed by atoms with Crippen molar-refractivity contribution in [2.24, 2.45) is 0 Å². The van der Waals surface area contributed by atoms with Crippen molar-refractivity contribution in [2.75, 3.05) is 0 Å². The third kappa shape index (κ3) is 6.32. The van der Waals surface area contributed by atoms with Crippen LogP contribution >= 0.6 is 24.1 Å². The summed E-state index contributed by atoms with van der Waals surface area (Å²) in [4.78, 5) is 24.2. The molecule has 0 saturated carbocycles. The summed E-state index contributed by atoms with van der Waals surface area (Å²) in [5.74, 6) is -0.333. The zero-order chi connectivity index (χ0) is 19.8. The highest BCUT2D eigenvalue weighted by Gasteiger charge is 2.12. The number of rotatable bonds is 8. The van der Waals surface area contributed by atoms with Crippen molar-refractivity contribution in [3.63, 3.8) is 0 Å². The summed E-state index contributed by atoms with van der Waals surface area (Å²) in [5, 5.41) is 0. The SMILES string of the molecule is C=CC(=O)Oc1cc(C)ccc1SOSc1ccc(C)cc1OC(=O)C=C. The summed E-state index contributed by atoms with van der Waals surface area (Å²) >= 11 is 2.06. The Kier molecular flexibility index (Phi) is 7.72. The van der Waals surface area contributed by atoms with E-state index < -0.39 is 11.9 Å². The smallest absolute Gasteiger partial charge is 0.335 e. The normalized spacial score (nSPS) is 10.1. The molecule has 0 unspecified atom stereocenters. The van der Waals surface area contributed by atoms with Gasteiger partial charge in [0.05, 0.1) is 9.79 Å². The minimum absolute atomic E-state index is 0.382. The Morgan fingerprint density at radius 3 is 1.59 bits per heavy atom. The van der Waals surface area contributed by atoms with Gasteiger partial charge in [0.1, 0.15) is 11.5 Å². The fraction of sp³-hybridized carbons (Fsp3) is 0.100. The minimum atomic E-state index is -0.549. The fourth-order valence-electron chi connectivity index (χ4n) is 1.92. The summed E-state index contributed by atoms with van der Waals surface area (Å²) in [7, 11) is 0. The van der Waals surface area contributed by atoms with Crippen molar-refractivity contribution in [3.05, 3.63) is 72.8 Å². The molecule has 0 aliphatic rings. The summed E-state index contributed by atoms with van der Waals surface area (Å²) in [6, 6.07) is 10.8. The van der Waals surface area contributed by atoms with Crippen LogP contribution in [0.25, 0.3) is 0 Å². The number of benzene rings is 2. The molecule has 0 atom stereocenters. The average molecular weight is 402 g/mol. The number of esters is 2. The van der Waals surface area contributed by atoms with E-state index in [4.69, 9.17) is 13.1 Å². The first kappa shape index (κ1) is 20.8. The fourth-order valence-corrected chi connectivity index (χ4v) is 3.25. The lowest BCUT2D eigenvalue weighted by molar-refractivity contribution is -0.130. The van der Waals surface area contributed by atoms with E-state index in [9.17, 15) is 9.59 Å². The maximum Gasteiger partial charge on any atom is 0.335 e. The third-order valence-corrected chi connectivity index (χ3v) is 4.78. The first-order valence-corrected chi connectivity index (χ1v) is 9.32. The highest BCUT2D eigenvalue weighted by Crippen LogP contribution is 2.39. The minimum Gasteiger partial charge on any atom is -0.422 e. The lowest BCUT2D eigenvalue weighted by atomic mass is 10.2. The van der Waals surface area contributed by atoms with E-state index in [2.05, 4.69) is 13.2 Å². The van der Waals surface area contributed by atoms with E-state index in [1.165, 1.54) is 0 Å². The maximum absolute atomic E-state index is 11.5. The summed E-state index contributed by atoms with van der Waals surface area (Å²) in [6.07, 6.45) is 2.19. The predicted molar refractivity (Wildman–Crippen MR) is 107 cm³/mol. The molecule has 0 fully saturated rings. The lowest BCUT2D eigenvalue weighted by Crippen LogP contribution is -2.04. The predicted octanol–water partition coefficient (Wildman–Crippen LogP) is 5.22. The van der Waals surface area contributed by atoms with E-state index in [1.54, 1.807) is 24.3 Å². The van der Waals surface area contributed by atoms with Crippen LogP contribution in [0.15, 0.2) is 71.5 Å². The Morgan fingerprint density at radius 2 is 1.22 bits per heavy atom. The molecule has 0 N–H and O–H groups in total. The molecule has 0 aliphatic carbocycles. The molecule has 0 radical (unpaired) electrons. The van der Waals surface area contributed by atoms with Gasteiger partial charge in [-0.05, 0) is 49.2 Å². The maximum atomic E-state index is 11.5. The molecule has 0 saturated heterocycles. The van der Waals surface area contributed by atoms with Gasteiger partial charge in [0.25, 0.3) is 0 Å². The molecule has 27 heavy (non-hydrogen) atoms. The Balaban J connectivity index is 2.10. The molecule has 0 amide bonds. The van der Waals surface area contributed by atoms with Gasteiger partial charge in [-0.1, -0.05) is 25.3 Å². The van der Waals surface area contributed by atoms with Crippen molar-refractivity contribution in [3.8, 4) is 11.5 Å². The topological polar surface area (TPSA) is 61.8 Å². The van der Waals surface area contributed by atoms with Crippen molar-refractivity contribution in [1.82, 2.24) is 0 Å². The van der Waals surface area contributed by atoms with Crippen LogP contribution in [0, 0.1) is 13.8 Å². The van der Waals surface area contributed by atoms with Crippen LogP contribution in [0.3, 0.4) is 0 Å². The first-order chi connectivity index (χ1) is 12.9. The molecule has 0 aromatic heterocycles. The molecule has 0 spiro atoms. The number of hydrogen-bond acceptors (Lipinski definition) is 7. The van der Waals surface area contributed by atoms with E-state index in [1.807, 2.05) is 26.0 Å². The molecule has 0 heterocycles. The van der Waals surface area contributed by atoms with Gasteiger partial charge >= 0.3 is 11.9 Å². The average Bonchev–Trinajstić information content (AvgIpc) is 2.64.